The van der Waals surface area contributed by atoms with Gasteiger partial charge in [-0.1, -0.05) is 116 Å². The molecule has 4 aromatic rings. The number of amides is 4. The minimum atomic E-state index is -0.612. The number of halogens is 4. The fourth-order valence-electron chi connectivity index (χ4n) is 6.04. The van der Waals surface area contributed by atoms with E-state index in [-0.39, 0.29) is 23.9 Å². The number of hydrogen-bond donors (Lipinski definition) is 0. The van der Waals surface area contributed by atoms with E-state index in [4.69, 9.17) is 32.7 Å². The number of nitrogens with zero attached hydrogens (tertiary/aromatic N) is 2. The summed E-state index contributed by atoms with van der Waals surface area (Å²) >= 11 is 18.9. The molecule has 50 heavy (non-hydrogen) atoms. The Labute approximate surface area is 317 Å². The van der Waals surface area contributed by atoms with Gasteiger partial charge in [0.05, 0.1) is 23.9 Å². The molecule has 260 valence electrons. The van der Waals surface area contributed by atoms with Crippen molar-refractivity contribution in [1.29, 1.82) is 0 Å². The van der Waals surface area contributed by atoms with Gasteiger partial charge in [0.15, 0.2) is 0 Å². The molecule has 4 amide bonds. The molecule has 0 radical (unpaired) electrons. The third-order valence-electron chi connectivity index (χ3n) is 8.78. The first-order chi connectivity index (χ1) is 23.8. The Balaban J connectivity index is 0.000000194. The van der Waals surface area contributed by atoms with E-state index >= 15 is 0 Å². The average Bonchev–Trinajstić information content (AvgIpc) is 3.56. The zero-order valence-electron chi connectivity index (χ0n) is 27.6. The number of carbonyl (C=O) groups excluding carboxylic acids is 4. The van der Waals surface area contributed by atoms with Crippen LogP contribution in [-0.4, -0.2) is 45.9 Å². The molecule has 0 aliphatic carbocycles. The van der Waals surface area contributed by atoms with Gasteiger partial charge in [0.1, 0.15) is 12.2 Å². The highest BCUT2D eigenvalue weighted by Crippen LogP contribution is 2.37. The molecule has 2 saturated heterocycles. The van der Waals surface area contributed by atoms with Crippen LogP contribution in [0.4, 0.5) is 9.59 Å². The Morgan fingerprint density at radius 1 is 0.620 bits per heavy atom. The van der Waals surface area contributed by atoms with Crippen molar-refractivity contribution >= 4 is 79.1 Å². The van der Waals surface area contributed by atoms with Crippen LogP contribution in [0.1, 0.15) is 74.0 Å². The zero-order valence-corrected chi connectivity index (χ0v) is 32.2. The number of rotatable bonds is 6. The second-order valence-electron chi connectivity index (χ2n) is 12.2. The first kappa shape index (κ1) is 37.6. The maximum atomic E-state index is 12.9. The van der Waals surface area contributed by atoms with Crippen LogP contribution in [0.3, 0.4) is 0 Å². The Bertz CT molecular complexity index is 1720. The molecule has 6 rings (SSSR count). The molecule has 2 heterocycles. The summed E-state index contributed by atoms with van der Waals surface area (Å²) < 4.78 is 12.5. The van der Waals surface area contributed by atoms with Crippen LogP contribution < -0.4 is 0 Å². The molecule has 12 heteroatoms. The molecule has 6 atom stereocenters. The SMILES string of the molecule is C[C@@H]1[C@H](c2ccccc2)OC(=O)N1C(=O)[C@H](C)c1cc(Cl)cc(Br)c1.C[C@H](C(=O)N1C(=O)O[C@@H](c2ccccc2)[C@H]1C)c1cc(Cl)cc(Br)c1. The third-order valence-corrected chi connectivity index (χ3v) is 10.1. The summed E-state index contributed by atoms with van der Waals surface area (Å²) in [6.07, 6.45) is -2.15. The minimum absolute atomic E-state index is 0.301. The van der Waals surface area contributed by atoms with Gasteiger partial charge in [-0.15, -0.1) is 0 Å². The van der Waals surface area contributed by atoms with Crippen LogP contribution >= 0.6 is 55.1 Å². The lowest BCUT2D eigenvalue weighted by atomic mass is 9.98. The normalized spacial score (nSPS) is 21.1. The van der Waals surface area contributed by atoms with E-state index in [1.807, 2.05) is 86.6 Å². The van der Waals surface area contributed by atoms with Crippen molar-refractivity contribution in [2.24, 2.45) is 0 Å². The van der Waals surface area contributed by atoms with E-state index in [0.717, 1.165) is 31.2 Å². The number of ether oxygens (including phenoxy) is 2. The topological polar surface area (TPSA) is 93.2 Å². The minimum Gasteiger partial charge on any atom is -0.439 e. The van der Waals surface area contributed by atoms with Crippen molar-refractivity contribution in [3.63, 3.8) is 0 Å². The van der Waals surface area contributed by atoms with Gasteiger partial charge in [0.25, 0.3) is 0 Å². The highest BCUT2D eigenvalue weighted by atomic mass is 79.9. The summed E-state index contributed by atoms with van der Waals surface area (Å²) in [5.41, 5.74) is 3.23. The maximum Gasteiger partial charge on any atom is 0.417 e. The van der Waals surface area contributed by atoms with Gasteiger partial charge in [-0.25, -0.2) is 19.4 Å². The van der Waals surface area contributed by atoms with Crippen molar-refractivity contribution in [2.75, 3.05) is 0 Å². The van der Waals surface area contributed by atoms with Crippen LogP contribution in [0.25, 0.3) is 0 Å². The van der Waals surface area contributed by atoms with E-state index in [1.54, 1.807) is 38.1 Å². The molecule has 0 aromatic heterocycles. The number of imide groups is 2. The van der Waals surface area contributed by atoms with Crippen molar-refractivity contribution in [3.8, 4) is 0 Å². The van der Waals surface area contributed by atoms with Crippen molar-refractivity contribution in [3.05, 3.63) is 138 Å². The van der Waals surface area contributed by atoms with Gasteiger partial charge in [0.2, 0.25) is 11.8 Å². The Morgan fingerprint density at radius 2 is 0.960 bits per heavy atom. The molecule has 8 nitrogen and oxygen atoms in total. The molecule has 0 spiro atoms. The summed E-state index contributed by atoms with van der Waals surface area (Å²) in [7, 11) is 0. The summed E-state index contributed by atoms with van der Waals surface area (Å²) in [4.78, 5) is 52.9. The van der Waals surface area contributed by atoms with Crippen LogP contribution in [0.15, 0.2) is 106 Å². The standard InChI is InChI=1S/2C19H17BrClNO3/c2*1-11(14-8-15(20)10-16(21)9-14)18(23)22-12(2)17(25-19(22)24)13-6-4-3-5-7-13/h2*3-12,17H,1-2H3/t11-,12+,17+;11-,12-,17-/m01/s1. The molecular formula is C38H34Br2Cl2N2O6. The Morgan fingerprint density at radius 3 is 1.28 bits per heavy atom. The lowest BCUT2D eigenvalue weighted by molar-refractivity contribution is -0.131. The van der Waals surface area contributed by atoms with Crippen LogP contribution in [0.2, 0.25) is 10.0 Å². The van der Waals surface area contributed by atoms with E-state index < -0.39 is 36.2 Å². The van der Waals surface area contributed by atoms with E-state index in [2.05, 4.69) is 31.9 Å². The van der Waals surface area contributed by atoms with Gasteiger partial charge in [-0.05, 0) is 86.3 Å². The highest BCUT2D eigenvalue weighted by molar-refractivity contribution is 9.10. The predicted molar refractivity (Wildman–Crippen MR) is 199 cm³/mol. The molecule has 2 aliphatic rings. The first-order valence-electron chi connectivity index (χ1n) is 15.9. The van der Waals surface area contributed by atoms with Crippen molar-refractivity contribution < 1.29 is 28.7 Å². The summed E-state index contributed by atoms with van der Waals surface area (Å²) in [5, 5.41) is 1.06. The molecule has 2 aliphatic heterocycles. The smallest absolute Gasteiger partial charge is 0.417 e. The second-order valence-corrected chi connectivity index (χ2v) is 14.9. The molecule has 2 fully saturated rings. The average molecular weight is 845 g/mol. The largest absolute Gasteiger partial charge is 0.439 e. The van der Waals surface area contributed by atoms with E-state index in [1.165, 1.54) is 9.80 Å². The number of hydrogen-bond acceptors (Lipinski definition) is 6. The fourth-order valence-corrected chi connectivity index (χ4v) is 7.82. The summed E-state index contributed by atoms with van der Waals surface area (Å²) in [6, 6.07) is 28.7. The van der Waals surface area contributed by atoms with E-state index in [0.29, 0.717) is 10.0 Å². The molecule has 4 aromatic carbocycles. The van der Waals surface area contributed by atoms with Gasteiger partial charge in [0, 0.05) is 19.0 Å². The van der Waals surface area contributed by atoms with Crippen molar-refractivity contribution in [2.45, 2.75) is 63.8 Å². The second kappa shape index (κ2) is 16.1. The first-order valence-corrected chi connectivity index (χ1v) is 18.2. The van der Waals surface area contributed by atoms with E-state index in [9.17, 15) is 19.2 Å². The van der Waals surface area contributed by atoms with Crippen LogP contribution in [0, 0.1) is 0 Å². The zero-order chi connectivity index (χ0) is 36.3. The molecule has 0 saturated carbocycles. The number of cyclic esters (lactones) is 2. The quantitative estimate of drug-likeness (QED) is 0.192. The van der Waals surface area contributed by atoms with Crippen LogP contribution in [-0.2, 0) is 19.1 Å². The monoisotopic (exact) mass is 842 g/mol. The summed E-state index contributed by atoms with van der Waals surface area (Å²) in [6.45, 7) is 7.16. The predicted octanol–water partition coefficient (Wildman–Crippen LogP) is 10.6. The Hall–Kier alpha value is -3.70. The number of benzene rings is 4. The summed E-state index contributed by atoms with van der Waals surface area (Å²) in [5.74, 6) is -1.63. The molecule has 0 N–H and O–H groups in total. The third kappa shape index (κ3) is 8.26. The van der Waals surface area contributed by atoms with Gasteiger partial charge >= 0.3 is 12.2 Å². The van der Waals surface area contributed by atoms with Gasteiger partial charge in [-0.2, -0.15) is 0 Å². The van der Waals surface area contributed by atoms with Crippen LogP contribution in [0.5, 0.6) is 0 Å². The molecular weight excluding hydrogens is 811 g/mol. The molecule has 0 bridgehead atoms. The lowest BCUT2D eigenvalue weighted by Crippen LogP contribution is -2.40. The van der Waals surface area contributed by atoms with Gasteiger partial charge < -0.3 is 9.47 Å². The highest BCUT2D eigenvalue weighted by Gasteiger charge is 2.46. The lowest BCUT2D eigenvalue weighted by Gasteiger charge is -2.23. The number of carbonyl (C=O) groups is 4. The van der Waals surface area contributed by atoms with Crippen molar-refractivity contribution in [1.82, 2.24) is 9.80 Å². The van der Waals surface area contributed by atoms with Gasteiger partial charge in [-0.3, -0.25) is 9.59 Å². The Kier molecular flexibility index (Phi) is 12.1. The fraction of sp³-hybridized carbons (Fsp3) is 0.263. The molecule has 0 unspecified atom stereocenters. The maximum absolute atomic E-state index is 12.9.